The lowest BCUT2D eigenvalue weighted by atomic mass is 10.0. The first-order valence-electron chi connectivity index (χ1n) is 16.2. The summed E-state index contributed by atoms with van der Waals surface area (Å²) >= 11 is 3.11. The molecular weight excluding hydrogens is 681 g/mol. The van der Waals surface area contributed by atoms with Gasteiger partial charge in [-0.3, -0.25) is 9.59 Å². The molecule has 264 valence electrons. The Balaban J connectivity index is 1.25. The Morgan fingerprint density at radius 2 is 1.58 bits per heavy atom. The third kappa shape index (κ3) is 11.0. The summed E-state index contributed by atoms with van der Waals surface area (Å²) in [7, 11) is 1.28. The number of amides is 4. The first-order valence-corrected chi connectivity index (χ1v) is 18.0. The highest BCUT2D eigenvalue weighted by Crippen LogP contribution is 2.35. The van der Waals surface area contributed by atoms with Crippen LogP contribution in [-0.2, 0) is 38.8 Å². The third-order valence-corrected chi connectivity index (χ3v) is 9.60. The SMILES string of the molecule is COC(=O)CC(NC(=O)NC(CCCCNC(=O)OCc1ccccc1)C(=O)N(Cc1cccs1)Cc1cccs1)c1ccc2c(c1)OCO2. The van der Waals surface area contributed by atoms with Crippen molar-refractivity contribution in [2.75, 3.05) is 20.4 Å². The zero-order chi connectivity index (χ0) is 35.1. The van der Waals surface area contributed by atoms with Crippen LogP contribution in [0.2, 0.25) is 0 Å². The second kappa shape index (κ2) is 18.6. The van der Waals surface area contributed by atoms with E-state index < -0.39 is 30.2 Å². The van der Waals surface area contributed by atoms with Crippen molar-refractivity contribution in [3.8, 4) is 11.5 Å². The normalized spacial score (nSPS) is 12.7. The molecule has 1 aliphatic heterocycles. The second-order valence-electron chi connectivity index (χ2n) is 11.5. The predicted molar refractivity (Wildman–Crippen MR) is 189 cm³/mol. The number of carbonyl (C=O) groups is 4. The Bertz CT molecular complexity index is 1650. The largest absolute Gasteiger partial charge is 0.469 e. The van der Waals surface area contributed by atoms with Crippen molar-refractivity contribution in [2.45, 2.75) is 57.5 Å². The number of nitrogens with one attached hydrogen (secondary N) is 3. The summed E-state index contributed by atoms with van der Waals surface area (Å²) in [5.41, 5.74) is 1.50. The van der Waals surface area contributed by atoms with Crippen LogP contribution in [0.5, 0.6) is 11.5 Å². The molecule has 0 radical (unpaired) electrons. The molecule has 1 aliphatic rings. The van der Waals surface area contributed by atoms with Gasteiger partial charge in [-0.25, -0.2) is 9.59 Å². The van der Waals surface area contributed by atoms with Gasteiger partial charge in [-0.15, -0.1) is 22.7 Å². The molecule has 0 spiro atoms. The number of fused-ring (bicyclic) bond motifs is 1. The van der Waals surface area contributed by atoms with Crippen LogP contribution in [0, 0.1) is 0 Å². The number of rotatable bonds is 17. The number of nitrogens with zero attached hydrogens (tertiary/aromatic N) is 1. The molecule has 14 heteroatoms. The van der Waals surface area contributed by atoms with Crippen LogP contribution in [0.1, 0.15) is 52.6 Å². The summed E-state index contributed by atoms with van der Waals surface area (Å²) in [6, 6.07) is 20.1. The highest BCUT2D eigenvalue weighted by molar-refractivity contribution is 7.10. The van der Waals surface area contributed by atoms with E-state index in [-0.39, 0.29) is 25.7 Å². The number of alkyl carbamates (subject to hydrolysis) is 1. The molecule has 3 N–H and O–H groups in total. The first kappa shape index (κ1) is 36.2. The number of hydrogen-bond donors (Lipinski definition) is 3. The number of esters is 1. The molecule has 0 aliphatic carbocycles. The molecule has 2 unspecified atom stereocenters. The maximum absolute atomic E-state index is 14.2. The average molecular weight is 721 g/mol. The summed E-state index contributed by atoms with van der Waals surface area (Å²) in [6.45, 7) is 1.34. The van der Waals surface area contributed by atoms with E-state index in [1.165, 1.54) is 7.11 Å². The maximum atomic E-state index is 14.2. The van der Waals surface area contributed by atoms with E-state index in [0.29, 0.717) is 56.0 Å². The highest BCUT2D eigenvalue weighted by Gasteiger charge is 2.29. The van der Waals surface area contributed by atoms with Crippen LogP contribution in [0.4, 0.5) is 9.59 Å². The number of unbranched alkanes of at least 4 members (excludes halogenated alkanes) is 1. The maximum Gasteiger partial charge on any atom is 0.407 e. The number of benzene rings is 2. The Morgan fingerprint density at radius 1 is 0.860 bits per heavy atom. The number of carbonyl (C=O) groups excluding carboxylic acids is 4. The van der Waals surface area contributed by atoms with Gasteiger partial charge in [-0.1, -0.05) is 48.5 Å². The molecule has 0 saturated carbocycles. The monoisotopic (exact) mass is 720 g/mol. The van der Waals surface area contributed by atoms with Gasteiger partial charge < -0.3 is 39.8 Å². The van der Waals surface area contributed by atoms with Crippen LogP contribution in [0.3, 0.4) is 0 Å². The number of thiophene rings is 2. The van der Waals surface area contributed by atoms with Gasteiger partial charge in [0.05, 0.1) is 32.7 Å². The van der Waals surface area contributed by atoms with E-state index >= 15 is 0 Å². The van der Waals surface area contributed by atoms with Crippen LogP contribution >= 0.6 is 22.7 Å². The van der Waals surface area contributed by atoms with E-state index in [0.717, 1.165) is 15.3 Å². The zero-order valence-corrected chi connectivity index (χ0v) is 29.3. The van der Waals surface area contributed by atoms with Crippen molar-refractivity contribution in [1.82, 2.24) is 20.9 Å². The van der Waals surface area contributed by atoms with Crippen molar-refractivity contribution in [1.29, 1.82) is 0 Å². The van der Waals surface area contributed by atoms with Crippen LogP contribution < -0.4 is 25.4 Å². The number of methoxy groups -OCH3 is 1. The molecule has 50 heavy (non-hydrogen) atoms. The lowest BCUT2D eigenvalue weighted by Gasteiger charge is -2.28. The molecule has 0 fully saturated rings. The Morgan fingerprint density at radius 3 is 2.26 bits per heavy atom. The number of ether oxygens (including phenoxy) is 4. The summed E-state index contributed by atoms with van der Waals surface area (Å²) in [4.78, 5) is 56.2. The third-order valence-electron chi connectivity index (χ3n) is 7.87. The highest BCUT2D eigenvalue weighted by atomic mass is 32.1. The molecule has 2 aromatic heterocycles. The van der Waals surface area contributed by atoms with Gasteiger partial charge in [-0.2, -0.15) is 0 Å². The molecule has 2 aromatic carbocycles. The fraction of sp³-hybridized carbons (Fsp3) is 0.333. The van der Waals surface area contributed by atoms with Gasteiger partial charge in [0.1, 0.15) is 12.6 Å². The molecule has 0 bridgehead atoms. The van der Waals surface area contributed by atoms with Gasteiger partial charge in [0.2, 0.25) is 12.7 Å². The molecule has 3 heterocycles. The molecule has 4 amide bonds. The van der Waals surface area contributed by atoms with Gasteiger partial charge in [0.15, 0.2) is 11.5 Å². The van der Waals surface area contributed by atoms with Crippen molar-refractivity contribution >= 4 is 46.7 Å². The average Bonchev–Trinajstić information content (AvgIpc) is 3.93. The van der Waals surface area contributed by atoms with Crippen LogP contribution in [-0.4, -0.2) is 55.4 Å². The minimum atomic E-state index is -0.893. The molecule has 0 saturated heterocycles. The van der Waals surface area contributed by atoms with Gasteiger partial charge in [-0.05, 0) is 65.4 Å². The van der Waals surface area contributed by atoms with E-state index in [1.54, 1.807) is 45.8 Å². The quantitative estimate of drug-likeness (QED) is 0.0873. The topological polar surface area (TPSA) is 145 Å². The Hall–Kier alpha value is -5.08. The lowest BCUT2D eigenvalue weighted by Crippen LogP contribution is -2.51. The summed E-state index contributed by atoms with van der Waals surface area (Å²) < 4.78 is 21.1. The number of urea groups is 1. The summed E-state index contributed by atoms with van der Waals surface area (Å²) in [5, 5.41) is 12.4. The summed E-state index contributed by atoms with van der Waals surface area (Å²) in [6.07, 6.45) is 0.708. The van der Waals surface area contributed by atoms with Gasteiger partial charge in [0, 0.05) is 16.3 Å². The fourth-order valence-corrected chi connectivity index (χ4v) is 6.74. The van der Waals surface area contributed by atoms with E-state index in [9.17, 15) is 19.2 Å². The van der Waals surface area contributed by atoms with E-state index in [4.69, 9.17) is 18.9 Å². The fourth-order valence-electron chi connectivity index (χ4n) is 5.30. The predicted octanol–water partition coefficient (Wildman–Crippen LogP) is 6.14. The summed E-state index contributed by atoms with van der Waals surface area (Å²) in [5.74, 6) is 0.303. The van der Waals surface area contributed by atoms with Crippen LogP contribution in [0.25, 0.3) is 0 Å². The molecular formula is C36H40N4O8S2. The first-order chi connectivity index (χ1) is 24.4. The number of hydrogen-bond acceptors (Lipinski definition) is 10. The van der Waals surface area contributed by atoms with Crippen molar-refractivity contribution in [3.05, 3.63) is 104 Å². The van der Waals surface area contributed by atoms with Crippen molar-refractivity contribution < 1.29 is 38.1 Å². The van der Waals surface area contributed by atoms with Crippen molar-refractivity contribution in [3.63, 3.8) is 0 Å². The van der Waals surface area contributed by atoms with E-state index in [1.807, 2.05) is 65.4 Å². The van der Waals surface area contributed by atoms with Gasteiger partial charge in [0.25, 0.3) is 0 Å². The minimum Gasteiger partial charge on any atom is -0.469 e. The van der Waals surface area contributed by atoms with E-state index in [2.05, 4.69) is 16.0 Å². The zero-order valence-electron chi connectivity index (χ0n) is 27.6. The molecule has 2 atom stereocenters. The lowest BCUT2D eigenvalue weighted by molar-refractivity contribution is -0.141. The Kier molecular flexibility index (Phi) is 13.5. The molecule has 12 nitrogen and oxygen atoms in total. The van der Waals surface area contributed by atoms with Crippen LogP contribution in [0.15, 0.2) is 83.6 Å². The standard InChI is InChI=1S/C36H40N4O8S2/c1-45-33(41)20-30(26-14-15-31-32(19-26)48-24-47-31)39-35(43)38-29(13-5-6-16-37-36(44)46-23-25-9-3-2-4-10-25)34(42)40(21-27-11-7-17-49-27)22-28-12-8-18-50-28/h2-4,7-12,14-15,17-19,29-30H,5-6,13,16,20-24H2,1H3,(H,37,44)(H2,38,39,43). The minimum absolute atomic E-state index is 0.0794. The van der Waals surface area contributed by atoms with Crippen molar-refractivity contribution in [2.24, 2.45) is 0 Å². The second-order valence-corrected chi connectivity index (χ2v) is 13.5. The van der Waals surface area contributed by atoms with Gasteiger partial charge >= 0.3 is 18.1 Å². The molecule has 4 aromatic rings. The smallest absolute Gasteiger partial charge is 0.407 e. The molecule has 5 rings (SSSR count). The Labute approximate surface area is 298 Å².